The molecule has 0 heterocycles. The summed E-state index contributed by atoms with van der Waals surface area (Å²) < 4.78 is 0. The van der Waals surface area contributed by atoms with E-state index < -0.39 is 9.04 Å². The molecule has 0 amide bonds. The fourth-order valence-corrected chi connectivity index (χ4v) is 2.60. The summed E-state index contributed by atoms with van der Waals surface area (Å²) in [6.07, 6.45) is 4.12. The second-order valence-electron chi connectivity index (χ2n) is 3.47. The maximum absolute atomic E-state index is 9.58. The highest BCUT2D eigenvalue weighted by Crippen LogP contribution is 2.01. The molecule has 1 N–H and O–H groups in total. The smallest absolute Gasteiger partial charge is 0.196 e. The Bertz CT molecular complexity index is 269. The maximum atomic E-state index is 9.58. The third kappa shape index (κ3) is 4.39. The quantitative estimate of drug-likeness (QED) is 0.734. The third-order valence-corrected chi connectivity index (χ3v) is 4.02. The molecule has 1 aromatic rings. The Morgan fingerprint density at radius 2 is 2.00 bits per heavy atom. The van der Waals surface area contributed by atoms with E-state index in [1.54, 1.807) is 0 Å². The molecule has 1 unspecified atom stereocenters. The molecular formula is C12H18OSi. The van der Waals surface area contributed by atoms with E-state index in [0.29, 0.717) is 0 Å². The minimum absolute atomic E-state index is 0.939. The van der Waals surface area contributed by atoms with E-state index in [2.05, 4.69) is 25.1 Å². The van der Waals surface area contributed by atoms with Crippen LogP contribution in [-0.4, -0.2) is 13.8 Å². The van der Waals surface area contributed by atoms with Crippen molar-refractivity contribution in [3.8, 4) is 0 Å². The van der Waals surface area contributed by atoms with Gasteiger partial charge in [0.25, 0.3) is 0 Å². The van der Waals surface area contributed by atoms with Crippen LogP contribution in [0.5, 0.6) is 0 Å². The van der Waals surface area contributed by atoms with Gasteiger partial charge in [-0.05, 0) is 18.0 Å². The first-order valence-corrected chi connectivity index (χ1v) is 7.21. The molecule has 14 heavy (non-hydrogen) atoms. The van der Waals surface area contributed by atoms with Crippen molar-refractivity contribution in [2.75, 3.05) is 0 Å². The lowest BCUT2D eigenvalue weighted by molar-refractivity contribution is 0.580. The summed E-state index contributed by atoms with van der Waals surface area (Å²) in [5.41, 5.74) is 3.33. The van der Waals surface area contributed by atoms with Crippen LogP contribution in [0.3, 0.4) is 0 Å². The predicted octanol–water partition coefficient (Wildman–Crippen LogP) is 2.45. The zero-order valence-electron chi connectivity index (χ0n) is 8.69. The predicted molar refractivity (Wildman–Crippen MR) is 63.8 cm³/mol. The Balaban J connectivity index is 2.33. The molecular weight excluding hydrogens is 188 g/mol. The van der Waals surface area contributed by atoms with Crippen LogP contribution in [-0.2, 0) is 6.42 Å². The van der Waals surface area contributed by atoms with Gasteiger partial charge in [-0.25, -0.2) is 0 Å². The first kappa shape index (κ1) is 11.2. The van der Waals surface area contributed by atoms with Crippen LogP contribution in [0.25, 0.3) is 0 Å². The Kier molecular flexibility index (Phi) is 5.26. The molecule has 0 fully saturated rings. The molecule has 0 radical (unpaired) electrons. The van der Waals surface area contributed by atoms with E-state index in [0.717, 1.165) is 18.9 Å². The van der Waals surface area contributed by atoms with Crippen LogP contribution in [0.4, 0.5) is 0 Å². The van der Waals surface area contributed by atoms with Crippen LogP contribution in [0, 0.1) is 0 Å². The largest absolute Gasteiger partial charge is 0.431 e. The van der Waals surface area contributed by atoms with Crippen molar-refractivity contribution in [1.82, 2.24) is 0 Å². The molecule has 1 nitrogen and oxygen atoms in total. The van der Waals surface area contributed by atoms with E-state index in [-0.39, 0.29) is 0 Å². The Labute approximate surface area is 87.8 Å². The Morgan fingerprint density at radius 3 is 2.64 bits per heavy atom. The second-order valence-corrected chi connectivity index (χ2v) is 5.57. The number of hydrogen-bond acceptors (Lipinski definition) is 1. The molecule has 0 aromatic heterocycles. The molecule has 2 heteroatoms. The van der Waals surface area contributed by atoms with Crippen LogP contribution in [0.15, 0.2) is 42.1 Å². The lowest BCUT2D eigenvalue weighted by atomic mass is 10.2. The first-order chi connectivity index (χ1) is 6.83. The Morgan fingerprint density at radius 1 is 1.29 bits per heavy atom. The molecule has 0 saturated heterocycles. The molecule has 0 aliphatic rings. The lowest BCUT2D eigenvalue weighted by Crippen LogP contribution is -2.06. The SMILES string of the molecule is CCC[SiH](O)C=CCc1ccccc1. The van der Waals surface area contributed by atoms with Crippen LogP contribution in [0.2, 0.25) is 6.04 Å². The van der Waals surface area contributed by atoms with Gasteiger partial charge in [-0.15, -0.1) is 0 Å². The highest BCUT2D eigenvalue weighted by atomic mass is 28.3. The average Bonchev–Trinajstić information content (AvgIpc) is 2.20. The Hall–Kier alpha value is -0.863. The van der Waals surface area contributed by atoms with Crippen LogP contribution < -0.4 is 0 Å². The molecule has 0 spiro atoms. The summed E-state index contributed by atoms with van der Waals surface area (Å²) in [4.78, 5) is 9.58. The van der Waals surface area contributed by atoms with E-state index in [1.807, 2.05) is 23.9 Å². The topological polar surface area (TPSA) is 20.2 Å². The van der Waals surface area contributed by atoms with Crippen molar-refractivity contribution in [1.29, 1.82) is 0 Å². The van der Waals surface area contributed by atoms with Crippen LogP contribution >= 0.6 is 0 Å². The molecule has 1 atom stereocenters. The van der Waals surface area contributed by atoms with E-state index >= 15 is 0 Å². The lowest BCUT2D eigenvalue weighted by Gasteiger charge is -1.99. The highest BCUT2D eigenvalue weighted by molar-refractivity contribution is 6.56. The third-order valence-electron chi connectivity index (χ3n) is 2.14. The van der Waals surface area contributed by atoms with Gasteiger partial charge in [-0.2, -0.15) is 0 Å². The molecule has 0 saturated carbocycles. The minimum Gasteiger partial charge on any atom is -0.431 e. The summed E-state index contributed by atoms with van der Waals surface area (Å²) in [5.74, 6) is 0. The van der Waals surface area contributed by atoms with E-state index in [4.69, 9.17) is 0 Å². The van der Waals surface area contributed by atoms with Gasteiger partial charge in [-0.1, -0.05) is 55.5 Å². The first-order valence-electron chi connectivity index (χ1n) is 5.21. The zero-order chi connectivity index (χ0) is 10.2. The monoisotopic (exact) mass is 206 g/mol. The molecule has 1 rings (SSSR count). The average molecular weight is 206 g/mol. The summed E-state index contributed by atoms with van der Waals surface area (Å²) in [5, 5.41) is 0. The highest BCUT2D eigenvalue weighted by Gasteiger charge is 1.98. The van der Waals surface area contributed by atoms with Crippen molar-refractivity contribution in [3.63, 3.8) is 0 Å². The van der Waals surface area contributed by atoms with Gasteiger partial charge in [0, 0.05) is 0 Å². The van der Waals surface area contributed by atoms with Crippen LogP contribution in [0.1, 0.15) is 18.9 Å². The standard InChI is InChI=1S/C12H18OSi/c1-2-10-14(13)11-6-9-12-7-4-3-5-8-12/h3-8,11,13-14H,2,9-10H2,1H3. The molecule has 0 aliphatic heterocycles. The molecule has 0 bridgehead atoms. The van der Waals surface area contributed by atoms with Crippen molar-refractivity contribution >= 4 is 9.04 Å². The number of benzene rings is 1. The minimum atomic E-state index is -1.52. The van der Waals surface area contributed by atoms with Crippen molar-refractivity contribution in [2.45, 2.75) is 25.8 Å². The summed E-state index contributed by atoms with van der Waals surface area (Å²) in [7, 11) is -1.52. The van der Waals surface area contributed by atoms with Gasteiger partial charge in [-0.3, -0.25) is 0 Å². The van der Waals surface area contributed by atoms with E-state index in [1.165, 1.54) is 5.56 Å². The normalized spacial score (nSPS) is 13.3. The fraction of sp³-hybridized carbons (Fsp3) is 0.333. The van der Waals surface area contributed by atoms with Gasteiger partial charge in [0.2, 0.25) is 0 Å². The molecule has 1 aromatic carbocycles. The van der Waals surface area contributed by atoms with Gasteiger partial charge >= 0.3 is 0 Å². The van der Waals surface area contributed by atoms with Gasteiger partial charge < -0.3 is 4.80 Å². The van der Waals surface area contributed by atoms with E-state index in [9.17, 15) is 4.80 Å². The molecule has 0 aliphatic carbocycles. The fourth-order valence-electron chi connectivity index (χ4n) is 1.37. The van der Waals surface area contributed by atoms with Crippen molar-refractivity contribution in [3.05, 3.63) is 47.7 Å². The summed E-state index contributed by atoms with van der Waals surface area (Å²) in [6.45, 7) is 2.11. The summed E-state index contributed by atoms with van der Waals surface area (Å²) >= 11 is 0. The molecule has 76 valence electrons. The number of allylic oxidation sites excluding steroid dienone is 1. The number of hydrogen-bond donors (Lipinski definition) is 1. The second kappa shape index (κ2) is 6.57. The van der Waals surface area contributed by atoms with Gasteiger partial charge in [0.15, 0.2) is 9.04 Å². The van der Waals surface area contributed by atoms with Gasteiger partial charge in [0.1, 0.15) is 0 Å². The maximum Gasteiger partial charge on any atom is 0.196 e. The number of rotatable bonds is 5. The van der Waals surface area contributed by atoms with Crippen molar-refractivity contribution < 1.29 is 4.80 Å². The summed E-state index contributed by atoms with van der Waals surface area (Å²) in [6, 6.07) is 11.3. The van der Waals surface area contributed by atoms with Gasteiger partial charge in [0.05, 0.1) is 0 Å². The zero-order valence-corrected chi connectivity index (χ0v) is 9.84. The van der Waals surface area contributed by atoms with Crippen molar-refractivity contribution in [2.24, 2.45) is 0 Å².